The van der Waals surface area contributed by atoms with Crippen LogP contribution >= 0.6 is 0 Å². The van der Waals surface area contributed by atoms with Gasteiger partial charge in [0.25, 0.3) is 0 Å². The van der Waals surface area contributed by atoms with Crippen LogP contribution in [0.15, 0.2) is 91.0 Å². The highest BCUT2D eigenvalue weighted by Gasteiger charge is 2.13. The first-order valence-corrected chi connectivity index (χ1v) is 10.7. The van der Waals surface area contributed by atoms with Gasteiger partial charge in [-0.3, -0.25) is 0 Å². The van der Waals surface area contributed by atoms with E-state index in [1.807, 2.05) is 54.6 Å². The average molecular weight is 438 g/mol. The minimum absolute atomic E-state index is 0.419. The third-order valence-electron chi connectivity index (χ3n) is 5.74. The maximum atomic E-state index is 9.82. The Balaban J connectivity index is 1.81. The molecule has 0 saturated carbocycles. The van der Waals surface area contributed by atoms with Crippen LogP contribution in [0.4, 0.5) is 0 Å². The van der Waals surface area contributed by atoms with Crippen molar-refractivity contribution in [1.82, 2.24) is 0 Å². The summed E-state index contributed by atoms with van der Waals surface area (Å²) in [6, 6.07) is 28.0. The van der Waals surface area contributed by atoms with Crippen LogP contribution in [0.3, 0.4) is 0 Å². The van der Waals surface area contributed by atoms with Gasteiger partial charge in [0.15, 0.2) is 6.29 Å². The van der Waals surface area contributed by atoms with Crippen molar-refractivity contribution in [3.8, 4) is 33.4 Å². The number of benzene rings is 4. The van der Waals surface area contributed by atoms with E-state index in [2.05, 4.69) is 12.1 Å². The van der Waals surface area contributed by atoms with Crippen LogP contribution in [0.2, 0.25) is 6.82 Å². The molecule has 4 aromatic rings. The Morgan fingerprint density at radius 2 is 0.879 bits per heavy atom. The minimum atomic E-state index is -1.52. The fourth-order valence-corrected chi connectivity index (χ4v) is 3.78. The van der Waals surface area contributed by atoms with Crippen LogP contribution in [-0.2, 0) is 0 Å². The fourth-order valence-electron chi connectivity index (χ4n) is 3.78. The first kappa shape index (κ1) is 23.0. The standard InChI is InChI=1S/C26H24B2O5/c1-27(31)24-10-6-18(7-11-24)22-14-21(17-2-4-20(5-3-17)26(29)30)15-23(16-22)19-8-12-25(13-9-19)28(32)33/h2-16,26,29-33H,1H3. The molecule has 4 aromatic carbocycles. The Hall–Kier alpha value is -3.19. The van der Waals surface area contributed by atoms with Crippen LogP contribution < -0.4 is 10.9 Å². The Morgan fingerprint density at radius 3 is 1.21 bits per heavy atom. The smallest absolute Gasteiger partial charge is 0.447 e. The van der Waals surface area contributed by atoms with Crippen LogP contribution in [0.1, 0.15) is 11.9 Å². The molecule has 0 spiro atoms. The summed E-state index contributed by atoms with van der Waals surface area (Å²) in [5.41, 5.74) is 7.40. The Bertz CT molecular complexity index is 1050. The second kappa shape index (κ2) is 9.75. The molecule has 4 rings (SSSR count). The first-order chi connectivity index (χ1) is 15.8. The van der Waals surface area contributed by atoms with Gasteiger partial charge in [-0.2, -0.15) is 0 Å². The van der Waals surface area contributed by atoms with Gasteiger partial charge in [0, 0.05) is 5.56 Å². The van der Waals surface area contributed by atoms with Crippen molar-refractivity contribution in [1.29, 1.82) is 0 Å². The van der Waals surface area contributed by atoms with Crippen molar-refractivity contribution in [2.45, 2.75) is 13.1 Å². The van der Waals surface area contributed by atoms with Crippen LogP contribution in [0.5, 0.6) is 0 Å². The second-order valence-corrected chi connectivity index (χ2v) is 8.09. The molecule has 0 atom stereocenters. The van der Waals surface area contributed by atoms with Gasteiger partial charge in [-0.05, 0) is 62.5 Å². The molecular weight excluding hydrogens is 414 g/mol. The molecular formula is C26H24B2O5. The Labute approximate surface area is 193 Å². The quantitative estimate of drug-likeness (QED) is 0.235. The molecule has 33 heavy (non-hydrogen) atoms. The van der Waals surface area contributed by atoms with Crippen molar-refractivity contribution in [2.75, 3.05) is 0 Å². The summed E-state index contributed by atoms with van der Waals surface area (Å²) in [4.78, 5) is 0. The molecule has 0 saturated heterocycles. The van der Waals surface area contributed by atoms with E-state index < -0.39 is 20.3 Å². The summed E-state index contributed by atoms with van der Waals surface area (Å²) < 4.78 is 0. The van der Waals surface area contributed by atoms with Gasteiger partial charge in [0.1, 0.15) is 0 Å². The molecule has 0 aromatic heterocycles. The maximum absolute atomic E-state index is 9.82. The lowest BCUT2D eigenvalue weighted by Crippen LogP contribution is -2.29. The molecule has 0 aliphatic carbocycles. The second-order valence-electron chi connectivity index (χ2n) is 8.09. The topological polar surface area (TPSA) is 101 Å². The summed E-state index contributed by atoms with van der Waals surface area (Å²) in [7, 11) is -1.52. The van der Waals surface area contributed by atoms with Crippen LogP contribution in [0.25, 0.3) is 33.4 Å². The summed E-state index contributed by atoms with van der Waals surface area (Å²) >= 11 is 0. The normalized spacial score (nSPS) is 11.0. The van der Waals surface area contributed by atoms with Crippen molar-refractivity contribution in [3.63, 3.8) is 0 Å². The summed E-state index contributed by atoms with van der Waals surface area (Å²) in [6.07, 6.45) is -1.52. The van der Waals surface area contributed by atoms with Gasteiger partial charge in [-0.1, -0.05) is 79.6 Å². The van der Waals surface area contributed by atoms with E-state index in [1.54, 1.807) is 31.1 Å². The van der Waals surface area contributed by atoms with E-state index in [4.69, 9.17) is 0 Å². The van der Waals surface area contributed by atoms with Crippen LogP contribution in [-0.4, -0.2) is 39.3 Å². The minimum Gasteiger partial charge on any atom is -0.447 e. The Kier molecular flexibility index (Phi) is 6.79. The third-order valence-corrected chi connectivity index (χ3v) is 5.74. The van der Waals surface area contributed by atoms with Crippen LogP contribution in [0, 0.1) is 0 Å². The lowest BCUT2D eigenvalue weighted by molar-refractivity contribution is -0.0424. The largest absolute Gasteiger partial charge is 0.488 e. The molecule has 0 aliphatic rings. The van der Waals surface area contributed by atoms with Gasteiger partial charge in [0.05, 0.1) is 0 Å². The van der Waals surface area contributed by atoms with E-state index in [0.717, 1.165) is 38.8 Å². The van der Waals surface area contributed by atoms with E-state index in [1.165, 1.54) is 0 Å². The molecule has 0 unspecified atom stereocenters. The molecule has 0 heterocycles. The van der Waals surface area contributed by atoms with Gasteiger partial charge < -0.3 is 25.3 Å². The fraction of sp³-hybridized carbons (Fsp3) is 0.0769. The number of hydrogen-bond acceptors (Lipinski definition) is 5. The van der Waals surface area contributed by atoms with E-state index in [0.29, 0.717) is 11.0 Å². The zero-order valence-corrected chi connectivity index (χ0v) is 18.1. The number of hydrogen-bond donors (Lipinski definition) is 5. The maximum Gasteiger partial charge on any atom is 0.488 e. The van der Waals surface area contributed by atoms with Crippen molar-refractivity contribution >= 4 is 25.0 Å². The van der Waals surface area contributed by atoms with Gasteiger partial charge in [0.2, 0.25) is 0 Å². The Morgan fingerprint density at radius 1 is 0.515 bits per heavy atom. The highest BCUT2D eigenvalue weighted by atomic mass is 16.5. The number of aliphatic hydroxyl groups excluding tert-OH is 1. The molecule has 5 nitrogen and oxygen atoms in total. The third kappa shape index (κ3) is 5.25. The molecule has 5 N–H and O–H groups in total. The van der Waals surface area contributed by atoms with Crippen molar-refractivity contribution in [3.05, 3.63) is 96.6 Å². The predicted octanol–water partition coefficient (Wildman–Crippen LogP) is 2.17. The molecule has 0 aliphatic heterocycles. The number of rotatable bonds is 6. The summed E-state index contributed by atoms with van der Waals surface area (Å²) in [5, 5.41) is 47.4. The summed E-state index contributed by atoms with van der Waals surface area (Å²) in [6.45, 7) is 1.19. The SMILES string of the molecule is CB(O)c1ccc(-c2cc(-c3ccc(B(O)O)cc3)cc(-c3ccc(C(O)O)cc3)c2)cc1. The summed E-state index contributed by atoms with van der Waals surface area (Å²) in [5.74, 6) is 0. The van der Waals surface area contributed by atoms with Gasteiger partial charge >= 0.3 is 14.0 Å². The van der Waals surface area contributed by atoms with Gasteiger partial charge in [-0.15, -0.1) is 0 Å². The zero-order valence-electron chi connectivity index (χ0n) is 18.1. The molecule has 164 valence electrons. The average Bonchev–Trinajstić information content (AvgIpc) is 2.84. The predicted molar refractivity (Wildman–Crippen MR) is 133 cm³/mol. The van der Waals surface area contributed by atoms with Crippen molar-refractivity contribution < 1.29 is 25.3 Å². The molecule has 0 fully saturated rings. The lowest BCUT2D eigenvalue weighted by Gasteiger charge is -2.13. The molecule has 7 heteroatoms. The van der Waals surface area contributed by atoms with Crippen molar-refractivity contribution in [2.24, 2.45) is 0 Å². The van der Waals surface area contributed by atoms with E-state index in [-0.39, 0.29) is 0 Å². The molecule has 0 bridgehead atoms. The van der Waals surface area contributed by atoms with Gasteiger partial charge in [-0.25, -0.2) is 0 Å². The van der Waals surface area contributed by atoms with E-state index in [9.17, 15) is 25.3 Å². The van der Waals surface area contributed by atoms with E-state index >= 15 is 0 Å². The number of aliphatic hydroxyl groups is 2. The highest BCUT2D eigenvalue weighted by molar-refractivity contribution is 6.64. The zero-order chi connectivity index (χ0) is 23.5. The lowest BCUT2D eigenvalue weighted by atomic mass is 9.64. The highest BCUT2D eigenvalue weighted by Crippen LogP contribution is 2.33. The molecule has 0 radical (unpaired) electrons. The molecule has 0 amide bonds. The first-order valence-electron chi connectivity index (χ1n) is 10.7. The monoisotopic (exact) mass is 438 g/mol.